The van der Waals surface area contributed by atoms with Gasteiger partial charge in [-0.15, -0.1) is 0 Å². The summed E-state index contributed by atoms with van der Waals surface area (Å²) in [6.45, 7) is 6.29. The highest BCUT2D eigenvalue weighted by atomic mass is 16.6. The molecular weight excluding hydrogens is 961 g/mol. The molecule has 0 spiro atoms. The second-order valence-corrected chi connectivity index (χ2v) is 19.9. The van der Waals surface area contributed by atoms with Crippen molar-refractivity contribution in [3.8, 4) is 0 Å². The summed E-state index contributed by atoms with van der Waals surface area (Å²) in [5.41, 5.74) is 0. The molecule has 0 aliphatic rings. The molecule has 0 saturated heterocycles. The summed E-state index contributed by atoms with van der Waals surface area (Å²) in [5, 5.41) is 0. The van der Waals surface area contributed by atoms with Crippen molar-refractivity contribution in [1.29, 1.82) is 0 Å². The fourth-order valence-corrected chi connectivity index (χ4v) is 7.87. The van der Waals surface area contributed by atoms with Crippen molar-refractivity contribution in [3.63, 3.8) is 0 Å². The number of unbranched alkanes of at least 4 members (excludes halogenated alkanes) is 15. The highest BCUT2D eigenvalue weighted by Crippen LogP contribution is 2.14. The zero-order valence-corrected chi connectivity index (χ0v) is 49.9. The fraction of sp³-hybridized carbons (Fsp3) is 0.569. The fourth-order valence-electron chi connectivity index (χ4n) is 7.87. The van der Waals surface area contributed by atoms with Crippen molar-refractivity contribution < 1.29 is 28.6 Å². The van der Waals surface area contributed by atoms with Crippen LogP contribution in [-0.4, -0.2) is 37.2 Å². The van der Waals surface area contributed by atoms with Crippen LogP contribution in [-0.2, 0) is 28.6 Å². The van der Waals surface area contributed by atoms with E-state index in [0.717, 1.165) is 148 Å². The molecule has 0 heterocycles. The lowest BCUT2D eigenvalue weighted by Gasteiger charge is -2.18. The van der Waals surface area contributed by atoms with Gasteiger partial charge in [-0.1, -0.05) is 262 Å². The Morgan fingerprint density at radius 3 is 0.808 bits per heavy atom. The first-order chi connectivity index (χ1) is 38.5. The number of rotatable bonds is 54. The van der Waals surface area contributed by atoms with Crippen molar-refractivity contribution in [3.05, 3.63) is 170 Å². The van der Waals surface area contributed by atoms with Crippen LogP contribution >= 0.6 is 0 Å². The predicted octanol–water partition coefficient (Wildman–Crippen LogP) is 21.5. The molecular formula is C72H112O6. The molecule has 0 rings (SSSR count). The van der Waals surface area contributed by atoms with Gasteiger partial charge in [-0.2, -0.15) is 0 Å². The molecule has 0 saturated carbocycles. The maximum atomic E-state index is 12.8. The molecule has 0 radical (unpaired) electrons. The molecule has 436 valence electrons. The standard InChI is InChI=1S/C72H112O6/c1-4-7-10-13-16-18-20-22-24-26-28-30-32-34-36-38-40-42-44-46-48-50-52-54-56-59-62-65-71(74)77-68-69(67-76-70(73)64-61-58-15-12-9-6-3)78-72(75)66-63-60-57-55-53-51-49-47-45-43-41-39-37-35-33-31-29-27-25-23-21-19-17-14-11-8-5-2/h7-8,10-11,16-19,22-25,28-31,34-37,40-43,46,48,52,54,69H,4-6,9,12-15,20-21,26-27,32-33,38-39,44-45,47,49-51,53,55-68H2,1-3H3/b10-7-,11-8-,18-16-,19-17-,24-22-,25-23-,30-28-,31-29-,36-34-,37-35-,42-40-,43-41-,48-46-,54-52-. The monoisotopic (exact) mass is 1070 g/mol. The molecule has 0 amide bonds. The van der Waals surface area contributed by atoms with E-state index in [9.17, 15) is 14.4 Å². The van der Waals surface area contributed by atoms with Gasteiger partial charge in [0.1, 0.15) is 13.2 Å². The van der Waals surface area contributed by atoms with Crippen LogP contribution < -0.4 is 0 Å². The Morgan fingerprint density at radius 1 is 0.269 bits per heavy atom. The van der Waals surface area contributed by atoms with E-state index in [1.54, 1.807) is 0 Å². The van der Waals surface area contributed by atoms with Crippen LogP contribution in [0.1, 0.15) is 245 Å². The first-order valence-corrected chi connectivity index (χ1v) is 31.1. The van der Waals surface area contributed by atoms with E-state index in [0.29, 0.717) is 25.7 Å². The minimum absolute atomic E-state index is 0.103. The van der Waals surface area contributed by atoms with Crippen LogP contribution in [0.4, 0.5) is 0 Å². The molecule has 0 fully saturated rings. The smallest absolute Gasteiger partial charge is 0.306 e. The highest BCUT2D eigenvalue weighted by molar-refractivity contribution is 5.71. The number of allylic oxidation sites excluding steroid dienone is 28. The van der Waals surface area contributed by atoms with Crippen LogP contribution in [0.2, 0.25) is 0 Å². The molecule has 6 heteroatoms. The molecule has 0 aliphatic heterocycles. The Bertz CT molecular complexity index is 1810. The zero-order chi connectivity index (χ0) is 56.4. The van der Waals surface area contributed by atoms with Gasteiger partial charge in [0.05, 0.1) is 0 Å². The number of carbonyl (C=O) groups excluding carboxylic acids is 3. The van der Waals surface area contributed by atoms with E-state index in [1.807, 2.05) is 0 Å². The Balaban J connectivity index is 4.27. The first-order valence-electron chi connectivity index (χ1n) is 31.1. The summed E-state index contributed by atoms with van der Waals surface area (Å²) in [6, 6.07) is 0. The largest absolute Gasteiger partial charge is 0.462 e. The maximum Gasteiger partial charge on any atom is 0.306 e. The molecule has 0 aromatic rings. The van der Waals surface area contributed by atoms with Gasteiger partial charge in [-0.05, 0) is 135 Å². The van der Waals surface area contributed by atoms with Crippen LogP contribution in [0.15, 0.2) is 170 Å². The van der Waals surface area contributed by atoms with Gasteiger partial charge in [0.25, 0.3) is 0 Å². The Morgan fingerprint density at radius 2 is 0.500 bits per heavy atom. The molecule has 0 aromatic carbocycles. The summed E-state index contributed by atoms with van der Waals surface area (Å²) in [4.78, 5) is 38.0. The summed E-state index contributed by atoms with van der Waals surface area (Å²) < 4.78 is 16.7. The number of ether oxygens (including phenoxy) is 3. The molecule has 1 atom stereocenters. The van der Waals surface area contributed by atoms with E-state index in [4.69, 9.17) is 14.2 Å². The quantitative estimate of drug-likeness (QED) is 0.0261. The Kier molecular flexibility index (Phi) is 60.0. The summed E-state index contributed by atoms with van der Waals surface area (Å²) in [6.07, 6.45) is 95.3. The van der Waals surface area contributed by atoms with Crippen LogP contribution in [0.25, 0.3) is 0 Å². The minimum Gasteiger partial charge on any atom is -0.462 e. The lowest BCUT2D eigenvalue weighted by molar-refractivity contribution is -0.167. The second-order valence-electron chi connectivity index (χ2n) is 19.9. The van der Waals surface area contributed by atoms with Gasteiger partial charge in [-0.3, -0.25) is 14.4 Å². The van der Waals surface area contributed by atoms with E-state index in [2.05, 4.69) is 191 Å². The average molecular weight is 1070 g/mol. The van der Waals surface area contributed by atoms with Gasteiger partial charge < -0.3 is 14.2 Å². The lowest BCUT2D eigenvalue weighted by Crippen LogP contribution is -2.30. The SMILES string of the molecule is CC/C=C\C/C=C\C/C=C\C/C=C\C/C=C\C/C=C\C/C=C\C/C=C\CCCCC(=O)OCC(COC(=O)CCCCCCCC)OC(=O)CCCCCCCCCC/C=C\C/C=C\C/C=C\C/C=C\C/C=C\C/C=C\CC. The predicted molar refractivity (Wildman–Crippen MR) is 338 cm³/mol. The third kappa shape index (κ3) is 61.6. The molecule has 1 unspecified atom stereocenters. The topological polar surface area (TPSA) is 78.9 Å². The highest BCUT2D eigenvalue weighted by Gasteiger charge is 2.19. The van der Waals surface area contributed by atoms with Crippen molar-refractivity contribution >= 4 is 17.9 Å². The van der Waals surface area contributed by atoms with Gasteiger partial charge in [-0.25, -0.2) is 0 Å². The van der Waals surface area contributed by atoms with Crippen LogP contribution in [0.3, 0.4) is 0 Å². The summed E-state index contributed by atoms with van der Waals surface area (Å²) >= 11 is 0. The lowest BCUT2D eigenvalue weighted by atomic mass is 10.1. The van der Waals surface area contributed by atoms with Gasteiger partial charge >= 0.3 is 17.9 Å². The van der Waals surface area contributed by atoms with E-state index >= 15 is 0 Å². The number of esters is 3. The summed E-state index contributed by atoms with van der Waals surface area (Å²) in [7, 11) is 0. The molecule has 0 bridgehead atoms. The van der Waals surface area contributed by atoms with E-state index in [-0.39, 0.29) is 31.1 Å². The minimum atomic E-state index is -0.807. The van der Waals surface area contributed by atoms with Gasteiger partial charge in [0, 0.05) is 19.3 Å². The molecule has 0 aliphatic carbocycles. The van der Waals surface area contributed by atoms with Crippen molar-refractivity contribution in [1.82, 2.24) is 0 Å². The Hall–Kier alpha value is -5.23. The number of carbonyl (C=O) groups is 3. The third-order valence-electron chi connectivity index (χ3n) is 12.5. The van der Waals surface area contributed by atoms with Crippen LogP contribution in [0.5, 0.6) is 0 Å². The number of hydrogen-bond donors (Lipinski definition) is 0. The van der Waals surface area contributed by atoms with Crippen molar-refractivity contribution in [2.75, 3.05) is 13.2 Å². The molecule has 0 aromatic heterocycles. The maximum absolute atomic E-state index is 12.8. The molecule has 6 nitrogen and oxygen atoms in total. The average Bonchev–Trinajstić information content (AvgIpc) is 3.44. The van der Waals surface area contributed by atoms with Gasteiger partial charge in [0.15, 0.2) is 6.10 Å². The zero-order valence-electron chi connectivity index (χ0n) is 49.9. The summed E-state index contributed by atoms with van der Waals surface area (Å²) in [5.74, 6) is -0.975. The normalized spacial score (nSPS) is 13.3. The second kappa shape index (κ2) is 64.3. The molecule has 78 heavy (non-hydrogen) atoms. The van der Waals surface area contributed by atoms with Crippen molar-refractivity contribution in [2.45, 2.75) is 252 Å². The Labute approximate surface area is 479 Å². The van der Waals surface area contributed by atoms with Crippen molar-refractivity contribution in [2.24, 2.45) is 0 Å². The first kappa shape index (κ1) is 72.8. The number of hydrogen-bond acceptors (Lipinski definition) is 6. The van der Waals surface area contributed by atoms with E-state index < -0.39 is 6.10 Å². The van der Waals surface area contributed by atoms with E-state index in [1.165, 1.54) is 51.4 Å². The van der Waals surface area contributed by atoms with Crippen LogP contribution in [0, 0.1) is 0 Å². The third-order valence-corrected chi connectivity index (χ3v) is 12.5. The molecule has 0 N–H and O–H groups in total. The van der Waals surface area contributed by atoms with Gasteiger partial charge in [0.2, 0.25) is 0 Å².